The van der Waals surface area contributed by atoms with E-state index >= 15 is 0 Å². The molecule has 0 aliphatic heterocycles. The van der Waals surface area contributed by atoms with Gasteiger partial charge in [-0.2, -0.15) is 0 Å². The Bertz CT molecular complexity index is 723. The van der Waals surface area contributed by atoms with Crippen LogP contribution in [0, 0.1) is 9.81 Å². The molecule has 0 saturated carbocycles. The fraction of sp³-hybridized carbons (Fsp3) is 0.565. The van der Waals surface area contributed by atoms with Gasteiger partial charge in [0.25, 0.3) is 0 Å². The minimum atomic E-state index is -0.515. The molecule has 2 rings (SSSR count). The maximum Gasteiger partial charge on any atom is 0.0805 e. The Hall–Kier alpha value is -2.98. The van der Waals surface area contributed by atoms with E-state index in [4.69, 9.17) is 5.11 Å². The molecule has 2 atom stereocenters. The van der Waals surface area contributed by atoms with E-state index in [2.05, 4.69) is 34.4 Å². The van der Waals surface area contributed by atoms with Crippen molar-refractivity contribution < 1.29 is 10.2 Å². The first-order valence-electron chi connectivity index (χ1n) is 11.1. The molecule has 0 amide bonds. The molecule has 0 spiro atoms. The van der Waals surface area contributed by atoms with E-state index in [9.17, 15) is 14.9 Å². The number of aliphatic hydroxyl groups excluding tert-OH is 2. The third kappa shape index (κ3) is 13.9. The smallest absolute Gasteiger partial charge is 0.0805 e. The number of aliphatic hydroxyl groups is 2. The molecule has 2 N–H and O–H groups in total. The van der Waals surface area contributed by atoms with Crippen LogP contribution in [0.5, 0.6) is 0 Å². The van der Waals surface area contributed by atoms with Crippen molar-refractivity contribution in [3.8, 4) is 0 Å². The van der Waals surface area contributed by atoms with E-state index in [1.165, 1.54) is 16.4 Å². The topological polar surface area (TPSA) is 132 Å². The van der Waals surface area contributed by atoms with Gasteiger partial charge in [-0.3, -0.25) is 20.0 Å². The van der Waals surface area contributed by atoms with Gasteiger partial charge in [-0.15, -0.1) is 9.81 Å². The molecule has 0 bridgehead atoms. The lowest BCUT2D eigenvalue weighted by Crippen LogP contribution is -2.19. The van der Waals surface area contributed by atoms with Crippen molar-refractivity contribution in [3.63, 3.8) is 0 Å². The number of aromatic nitrogens is 2. The van der Waals surface area contributed by atoms with E-state index in [1.807, 2.05) is 18.2 Å². The Labute approximate surface area is 196 Å². The average molecular weight is 463 g/mol. The van der Waals surface area contributed by atoms with E-state index in [-0.39, 0.29) is 12.6 Å². The summed E-state index contributed by atoms with van der Waals surface area (Å²) in [5.41, 5.74) is 1.74. The van der Waals surface area contributed by atoms with E-state index in [0.717, 1.165) is 17.5 Å². The summed E-state index contributed by atoms with van der Waals surface area (Å²) in [6.45, 7) is 4.92. The number of rotatable bonds is 12. The summed E-state index contributed by atoms with van der Waals surface area (Å²) in [7, 11) is 3.24. The minimum Gasteiger partial charge on any atom is -0.396 e. The second-order valence-electron chi connectivity index (χ2n) is 7.44. The maximum atomic E-state index is 10.5. The number of hydrogen-bond acceptors (Lipinski definition) is 8. The molecule has 0 radical (unpaired) electrons. The van der Waals surface area contributed by atoms with Gasteiger partial charge in [0.2, 0.25) is 0 Å². The Morgan fingerprint density at radius 3 is 1.97 bits per heavy atom. The summed E-state index contributed by atoms with van der Waals surface area (Å²) >= 11 is 0. The van der Waals surface area contributed by atoms with Gasteiger partial charge in [0.05, 0.1) is 22.7 Å². The third-order valence-electron chi connectivity index (χ3n) is 4.45. The summed E-state index contributed by atoms with van der Waals surface area (Å²) in [5, 5.41) is 26.8. The van der Waals surface area contributed by atoms with Crippen LogP contribution in [0.15, 0.2) is 59.6 Å². The molecule has 184 valence electrons. The molecule has 10 nitrogen and oxygen atoms in total. The Balaban J connectivity index is 0.000000555. The zero-order valence-electron chi connectivity index (χ0n) is 20.1. The zero-order chi connectivity index (χ0) is 24.9. The molecule has 0 fully saturated rings. The van der Waals surface area contributed by atoms with Crippen molar-refractivity contribution in [3.05, 3.63) is 70.0 Å². The Kier molecular flexibility index (Phi) is 17.9. The predicted molar refractivity (Wildman–Crippen MR) is 130 cm³/mol. The molecule has 33 heavy (non-hydrogen) atoms. The average Bonchev–Trinajstić information content (AvgIpc) is 2.86. The Morgan fingerprint density at radius 1 is 0.939 bits per heavy atom. The second kappa shape index (κ2) is 19.7. The van der Waals surface area contributed by atoms with Gasteiger partial charge in [0, 0.05) is 52.0 Å². The van der Waals surface area contributed by atoms with Crippen LogP contribution >= 0.6 is 0 Å². The highest BCUT2D eigenvalue weighted by molar-refractivity contribution is 5.13. The van der Waals surface area contributed by atoms with Gasteiger partial charge in [0.1, 0.15) is 0 Å². The molecule has 0 aromatic carbocycles. The molecule has 2 aromatic heterocycles. The maximum absolute atomic E-state index is 10.5. The van der Waals surface area contributed by atoms with E-state index < -0.39 is 6.10 Å². The van der Waals surface area contributed by atoms with E-state index in [1.54, 1.807) is 44.9 Å². The van der Waals surface area contributed by atoms with Crippen LogP contribution in [0.3, 0.4) is 0 Å². The zero-order valence-corrected chi connectivity index (χ0v) is 20.1. The highest BCUT2D eigenvalue weighted by Crippen LogP contribution is 2.23. The van der Waals surface area contributed by atoms with Crippen LogP contribution in [-0.4, -0.2) is 57.4 Å². The van der Waals surface area contributed by atoms with Crippen molar-refractivity contribution in [2.45, 2.75) is 58.1 Å². The fourth-order valence-corrected chi connectivity index (χ4v) is 2.78. The largest absolute Gasteiger partial charge is 0.396 e. The molecule has 2 unspecified atom stereocenters. The van der Waals surface area contributed by atoms with Crippen molar-refractivity contribution in [1.82, 2.24) is 20.0 Å². The number of nitroso groups, excluding NO2 is 2. The SMILES string of the molecule is CCC.CN(CCCC(O)c1cccnc1)N=O.CN(N=O)C(CCCO)c1cccnc1. The monoisotopic (exact) mass is 462 g/mol. The molecule has 0 saturated heterocycles. The molecule has 0 aliphatic rings. The van der Waals surface area contributed by atoms with E-state index in [0.29, 0.717) is 25.8 Å². The standard InChI is InChI=1S/2C10H15N3O2.C3H8/c1-13(12-15)10(5-3-7-14)9-4-2-6-11-8-9;1-13(12-15)7-3-5-10(14)9-4-2-6-11-8-9;1-3-2/h2*2,4,6,8,10,14H,3,5,7H2,1H3;3H2,1-2H3. The second-order valence-corrected chi connectivity index (χ2v) is 7.44. The number of hydrogen-bond donors (Lipinski definition) is 2. The third-order valence-corrected chi connectivity index (χ3v) is 4.45. The number of pyridine rings is 2. The van der Waals surface area contributed by atoms with Crippen molar-refractivity contribution in [2.75, 3.05) is 27.2 Å². The first kappa shape index (κ1) is 30.0. The summed E-state index contributed by atoms with van der Waals surface area (Å²) in [6, 6.07) is 7.23. The van der Waals surface area contributed by atoms with Crippen LogP contribution in [0.1, 0.15) is 69.2 Å². The first-order valence-corrected chi connectivity index (χ1v) is 11.1. The summed E-state index contributed by atoms with van der Waals surface area (Å²) in [5.74, 6) is 0. The lowest BCUT2D eigenvalue weighted by molar-refractivity contribution is 0.158. The molecule has 2 aromatic rings. The highest BCUT2D eigenvalue weighted by atomic mass is 16.3. The predicted octanol–water partition coefficient (Wildman–Crippen LogP) is 4.43. The van der Waals surface area contributed by atoms with Gasteiger partial charge < -0.3 is 10.2 Å². The van der Waals surface area contributed by atoms with Crippen molar-refractivity contribution in [1.29, 1.82) is 0 Å². The van der Waals surface area contributed by atoms with Gasteiger partial charge in [-0.25, -0.2) is 0 Å². The molecular formula is C23H38N6O4. The Morgan fingerprint density at radius 2 is 1.52 bits per heavy atom. The van der Waals surface area contributed by atoms with Crippen LogP contribution in [0.4, 0.5) is 0 Å². The lowest BCUT2D eigenvalue weighted by Gasteiger charge is -2.22. The van der Waals surface area contributed by atoms with Gasteiger partial charge in [0.15, 0.2) is 0 Å². The summed E-state index contributed by atoms with van der Waals surface area (Å²) in [6.07, 6.45) is 10.1. The summed E-state index contributed by atoms with van der Waals surface area (Å²) in [4.78, 5) is 28.5. The van der Waals surface area contributed by atoms with Crippen LogP contribution in [0.2, 0.25) is 0 Å². The van der Waals surface area contributed by atoms with Crippen molar-refractivity contribution >= 4 is 0 Å². The van der Waals surface area contributed by atoms with Gasteiger partial charge in [-0.1, -0.05) is 32.4 Å². The lowest BCUT2D eigenvalue weighted by atomic mass is 10.0. The quantitative estimate of drug-likeness (QED) is 0.350. The molecule has 2 heterocycles. The highest BCUT2D eigenvalue weighted by Gasteiger charge is 2.16. The van der Waals surface area contributed by atoms with Gasteiger partial charge in [-0.05, 0) is 48.9 Å². The summed E-state index contributed by atoms with van der Waals surface area (Å²) < 4.78 is 0. The fourth-order valence-electron chi connectivity index (χ4n) is 2.78. The first-order chi connectivity index (χ1) is 15.9. The van der Waals surface area contributed by atoms with Gasteiger partial charge >= 0.3 is 0 Å². The number of nitrogens with zero attached hydrogens (tertiary/aromatic N) is 6. The van der Waals surface area contributed by atoms with Crippen LogP contribution < -0.4 is 0 Å². The minimum absolute atomic E-state index is 0.108. The normalized spacial score (nSPS) is 11.6. The molecular weight excluding hydrogens is 424 g/mol. The van der Waals surface area contributed by atoms with Crippen LogP contribution in [0.25, 0.3) is 0 Å². The van der Waals surface area contributed by atoms with Crippen molar-refractivity contribution in [2.24, 2.45) is 10.6 Å². The molecule has 0 aliphatic carbocycles. The molecule has 10 heteroatoms. The van der Waals surface area contributed by atoms with Crippen LogP contribution in [-0.2, 0) is 0 Å².